The third-order valence-electron chi connectivity index (χ3n) is 5.02. The van der Waals surface area contributed by atoms with Crippen molar-refractivity contribution in [2.45, 2.75) is 12.8 Å². The van der Waals surface area contributed by atoms with Crippen molar-refractivity contribution in [2.24, 2.45) is 0 Å². The highest BCUT2D eigenvalue weighted by atomic mass is 16.5. The molecule has 1 amide bonds. The lowest BCUT2D eigenvalue weighted by Crippen LogP contribution is -2.51. The first kappa shape index (κ1) is 18.0. The Morgan fingerprint density at radius 3 is 2.20 bits per heavy atom. The Labute approximate surface area is 150 Å². The van der Waals surface area contributed by atoms with Crippen LogP contribution in [0, 0.1) is 0 Å². The summed E-state index contributed by atoms with van der Waals surface area (Å²) in [5.74, 6) is 1.98. The lowest BCUT2D eigenvalue weighted by molar-refractivity contribution is -0.133. The quantitative estimate of drug-likeness (QED) is 0.744. The average molecular weight is 347 g/mol. The van der Waals surface area contributed by atoms with Gasteiger partial charge in [-0.15, -0.1) is 0 Å². The van der Waals surface area contributed by atoms with Crippen LogP contribution in [-0.4, -0.2) is 86.7 Å². The van der Waals surface area contributed by atoms with E-state index in [2.05, 4.69) is 9.80 Å². The van der Waals surface area contributed by atoms with Crippen LogP contribution in [0.1, 0.15) is 12.8 Å². The average Bonchev–Trinajstić information content (AvgIpc) is 3.16. The fourth-order valence-corrected chi connectivity index (χ4v) is 3.42. The van der Waals surface area contributed by atoms with Crippen molar-refractivity contribution < 1.29 is 14.3 Å². The van der Waals surface area contributed by atoms with Crippen LogP contribution in [0.25, 0.3) is 0 Å². The second kappa shape index (κ2) is 9.06. The molecule has 0 aliphatic carbocycles. The number of hydrogen-bond acceptors (Lipinski definition) is 5. The van der Waals surface area contributed by atoms with Crippen LogP contribution in [0.15, 0.2) is 24.3 Å². The van der Waals surface area contributed by atoms with Crippen LogP contribution in [0.4, 0.5) is 0 Å². The van der Waals surface area contributed by atoms with Crippen LogP contribution >= 0.6 is 0 Å². The van der Waals surface area contributed by atoms with Crippen molar-refractivity contribution in [3.8, 4) is 11.5 Å². The maximum Gasteiger partial charge on any atom is 0.236 e. The summed E-state index contributed by atoms with van der Waals surface area (Å²) in [6.07, 6.45) is 2.46. The van der Waals surface area contributed by atoms with Crippen LogP contribution < -0.4 is 9.47 Å². The number of likely N-dealkylation sites (tertiary alicyclic amines) is 1. The number of rotatable bonds is 7. The molecule has 6 nitrogen and oxygen atoms in total. The molecule has 2 aliphatic heterocycles. The molecule has 1 aromatic carbocycles. The van der Waals surface area contributed by atoms with Gasteiger partial charge < -0.3 is 14.4 Å². The van der Waals surface area contributed by atoms with Crippen LogP contribution in [0.2, 0.25) is 0 Å². The zero-order valence-corrected chi connectivity index (χ0v) is 15.2. The topological polar surface area (TPSA) is 45.3 Å². The standard InChI is InChI=1S/C19H29N3O3/c1-24-17-4-6-18(7-5-17)25-15-14-20-10-12-22(13-11-20)19(23)16-21-8-2-3-9-21/h4-7H,2-3,8-16H2,1H3. The number of carbonyl (C=O) groups excluding carboxylic acids is 1. The Balaban J connectivity index is 1.32. The normalized spacial score (nSPS) is 19.2. The van der Waals surface area contributed by atoms with E-state index >= 15 is 0 Å². The van der Waals surface area contributed by atoms with Crippen molar-refractivity contribution >= 4 is 5.91 Å². The van der Waals surface area contributed by atoms with E-state index in [1.165, 1.54) is 12.8 Å². The van der Waals surface area contributed by atoms with Gasteiger partial charge in [0.2, 0.25) is 5.91 Å². The number of piperazine rings is 1. The van der Waals surface area contributed by atoms with Gasteiger partial charge in [0, 0.05) is 32.7 Å². The number of nitrogens with zero attached hydrogens (tertiary/aromatic N) is 3. The van der Waals surface area contributed by atoms with Gasteiger partial charge in [0.15, 0.2) is 0 Å². The summed E-state index contributed by atoms with van der Waals surface area (Å²) in [5, 5.41) is 0. The fourth-order valence-electron chi connectivity index (χ4n) is 3.42. The van der Waals surface area contributed by atoms with E-state index in [0.717, 1.165) is 57.3 Å². The Bertz CT molecular complexity index is 535. The number of hydrogen-bond donors (Lipinski definition) is 0. The maximum absolute atomic E-state index is 12.3. The van der Waals surface area contributed by atoms with Crippen molar-refractivity contribution in [2.75, 3.05) is 66.1 Å². The Kier molecular flexibility index (Phi) is 6.53. The molecule has 1 aromatic rings. The van der Waals surface area contributed by atoms with Gasteiger partial charge in [-0.25, -0.2) is 0 Å². The van der Waals surface area contributed by atoms with Gasteiger partial charge in [-0.05, 0) is 50.2 Å². The van der Waals surface area contributed by atoms with E-state index in [-0.39, 0.29) is 5.91 Å². The maximum atomic E-state index is 12.3. The number of ether oxygens (including phenoxy) is 2. The molecule has 0 N–H and O–H groups in total. The molecule has 0 aromatic heterocycles. The minimum atomic E-state index is 0.288. The predicted octanol–water partition coefficient (Wildman–Crippen LogP) is 1.31. The van der Waals surface area contributed by atoms with Gasteiger partial charge in [0.1, 0.15) is 18.1 Å². The molecule has 6 heteroatoms. The minimum absolute atomic E-state index is 0.288. The number of carbonyl (C=O) groups is 1. The van der Waals surface area contributed by atoms with Gasteiger partial charge >= 0.3 is 0 Å². The van der Waals surface area contributed by atoms with Crippen molar-refractivity contribution in [3.63, 3.8) is 0 Å². The first-order chi connectivity index (χ1) is 12.2. The molecule has 2 saturated heterocycles. The number of amides is 1. The summed E-state index contributed by atoms with van der Waals surface area (Å²) in [6, 6.07) is 7.65. The first-order valence-corrected chi connectivity index (χ1v) is 9.24. The monoisotopic (exact) mass is 347 g/mol. The third kappa shape index (κ3) is 5.34. The lowest BCUT2D eigenvalue weighted by Gasteiger charge is -2.35. The SMILES string of the molecule is COc1ccc(OCCN2CCN(C(=O)CN3CCCC3)CC2)cc1. The molecule has 0 unspecified atom stereocenters. The third-order valence-corrected chi connectivity index (χ3v) is 5.02. The zero-order chi connectivity index (χ0) is 17.5. The van der Waals surface area contributed by atoms with Gasteiger partial charge in [-0.2, -0.15) is 0 Å². The molecule has 2 aliphatic rings. The fraction of sp³-hybridized carbons (Fsp3) is 0.632. The molecule has 2 heterocycles. The molecule has 0 radical (unpaired) electrons. The molecule has 3 rings (SSSR count). The highest BCUT2D eigenvalue weighted by molar-refractivity contribution is 5.78. The van der Waals surface area contributed by atoms with Crippen molar-refractivity contribution in [3.05, 3.63) is 24.3 Å². The van der Waals surface area contributed by atoms with E-state index < -0.39 is 0 Å². The molecule has 0 atom stereocenters. The molecule has 138 valence electrons. The zero-order valence-electron chi connectivity index (χ0n) is 15.2. The molecule has 0 spiro atoms. The van der Waals surface area contributed by atoms with E-state index in [9.17, 15) is 4.79 Å². The van der Waals surface area contributed by atoms with Crippen molar-refractivity contribution in [1.29, 1.82) is 0 Å². The number of methoxy groups -OCH3 is 1. The van der Waals surface area contributed by atoms with Crippen LogP contribution in [0.5, 0.6) is 11.5 Å². The molecule has 25 heavy (non-hydrogen) atoms. The van der Waals surface area contributed by atoms with E-state index in [1.807, 2.05) is 29.2 Å². The van der Waals surface area contributed by atoms with Gasteiger partial charge in [-0.1, -0.05) is 0 Å². The van der Waals surface area contributed by atoms with E-state index in [0.29, 0.717) is 13.2 Å². The first-order valence-electron chi connectivity index (χ1n) is 9.24. The van der Waals surface area contributed by atoms with Crippen molar-refractivity contribution in [1.82, 2.24) is 14.7 Å². The highest BCUT2D eigenvalue weighted by Crippen LogP contribution is 2.17. The summed E-state index contributed by atoms with van der Waals surface area (Å²) in [6.45, 7) is 7.82. The molecule has 0 saturated carbocycles. The van der Waals surface area contributed by atoms with Gasteiger partial charge in [0.05, 0.1) is 13.7 Å². The molecular formula is C19H29N3O3. The second-order valence-electron chi connectivity index (χ2n) is 6.73. The predicted molar refractivity (Wildman–Crippen MR) is 97.2 cm³/mol. The number of benzene rings is 1. The highest BCUT2D eigenvalue weighted by Gasteiger charge is 2.23. The van der Waals surface area contributed by atoms with Crippen LogP contribution in [0.3, 0.4) is 0 Å². The smallest absolute Gasteiger partial charge is 0.236 e. The summed E-state index contributed by atoms with van der Waals surface area (Å²) in [5.41, 5.74) is 0. The molecule has 0 bridgehead atoms. The molecule has 2 fully saturated rings. The van der Waals surface area contributed by atoms with Gasteiger partial charge in [-0.3, -0.25) is 14.6 Å². The summed E-state index contributed by atoms with van der Waals surface area (Å²) in [7, 11) is 1.66. The van der Waals surface area contributed by atoms with Gasteiger partial charge in [0.25, 0.3) is 0 Å². The van der Waals surface area contributed by atoms with E-state index in [1.54, 1.807) is 7.11 Å². The minimum Gasteiger partial charge on any atom is -0.497 e. The van der Waals surface area contributed by atoms with Crippen LogP contribution in [-0.2, 0) is 4.79 Å². The second-order valence-corrected chi connectivity index (χ2v) is 6.73. The van der Waals surface area contributed by atoms with E-state index in [4.69, 9.17) is 9.47 Å². The Hall–Kier alpha value is -1.79. The Morgan fingerprint density at radius 2 is 1.56 bits per heavy atom. The summed E-state index contributed by atoms with van der Waals surface area (Å²) in [4.78, 5) is 19.0. The molecular weight excluding hydrogens is 318 g/mol. The Morgan fingerprint density at radius 1 is 0.920 bits per heavy atom. The summed E-state index contributed by atoms with van der Waals surface area (Å²) >= 11 is 0. The summed E-state index contributed by atoms with van der Waals surface area (Å²) < 4.78 is 10.9. The lowest BCUT2D eigenvalue weighted by atomic mass is 10.3. The largest absolute Gasteiger partial charge is 0.497 e.